The van der Waals surface area contributed by atoms with Crippen molar-refractivity contribution in [1.29, 1.82) is 0 Å². The number of hydrogen-bond donors (Lipinski definition) is 1. The second kappa shape index (κ2) is 10.1. The zero-order valence-corrected chi connectivity index (χ0v) is 16.3. The van der Waals surface area contributed by atoms with Gasteiger partial charge in [0.1, 0.15) is 5.75 Å². The molecule has 0 fully saturated rings. The van der Waals surface area contributed by atoms with Crippen LogP contribution in [-0.2, 0) is 0 Å². The summed E-state index contributed by atoms with van der Waals surface area (Å²) in [5.74, 6) is 0.979. The number of nitrogens with zero attached hydrogens (tertiary/aromatic N) is 1. The Hall–Kier alpha value is -2.17. The molecule has 0 aliphatic carbocycles. The van der Waals surface area contributed by atoms with Gasteiger partial charge in [-0.1, -0.05) is 55.8 Å². The van der Waals surface area contributed by atoms with Crippen molar-refractivity contribution in [1.82, 2.24) is 10.2 Å². The number of nitrogens with one attached hydrogen (secondary N) is 1. The molecule has 140 valence electrons. The first-order chi connectivity index (χ1) is 12.6. The van der Waals surface area contributed by atoms with E-state index >= 15 is 0 Å². The monoisotopic (exact) mass is 354 g/mol. The van der Waals surface area contributed by atoms with Gasteiger partial charge in [-0.3, -0.25) is 9.69 Å². The highest BCUT2D eigenvalue weighted by Gasteiger charge is 2.18. The Balaban J connectivity index is 2.02. The molecule has 0 heterocycles. The van der Waals surface area contributed by atoms with Crippen LogP contribution in [0.4, 0.5) is 0 Å². The molecule has 0 amide bonds. The Kier molecular flexibility index (Phi) is 7.82. The van der Waals surface area contributed by atoms with Crippen LogP contribution in [0.1, 0.15) is 41.4 Å². The molecule has 0 saturated carbocycles. The van der Waals surface area contributed by atoms with Crippen molar-refractivity contribution in [3.63, 3.8) is 0 Å². The fourth-order valence-electron chi connectivity index (χ4n) is 3.11. The Morgan fingerprint density at radius 1 is 1.04 bits per heavy atom. The van der Waals surface area contributed by atoms with Crippen molar-refractivity contribution >= 4 is 5.78 Å². The maximum Gasteiger partial charge on any atom is 0.176 e. The summed E-state index contributed by atoms with van der Waals surface area (Å²) in [5, 5.41) is 3.35. The van der Waals surface area contributed by atoms with Gasteiger partial charge in [0.15, 0.2) is 5.78 Å². The summed E-state index contributed by atoms with van der Waals surface area (Å²) in [6.07, 6.45) is 0. The van der Waals surface area contributed by atoms with Crippen LogP contribution in [0.15, 0.2) is 48.5 Å². The number of likely N-dealkylation sites (N-methyl/N-ethyl adjacent to an activating group) is 1. The van der Waals surface area contributed by atoms with Gasteiger partial charge in [-0.15, -0.1) is 0 Å². The van der Waals surface area contributed by atoms with Gasteiger partial charge in [0.05, 0.1) is 13.7 Å². The van der Waals surface area contributed by atoms with Gasteiger partial charge in [0.2, 0.25) is 0 Å². The lowest BCUT2D eigenvalue weighted by Crippen LogP contribution is -2.37. The molecule has 1 atom stereocenters. The second-order valence-electron chi connectivity index (χ2n) is 6.43. The van der Waals surface area contributed by atoms with Gasteiger partial charge >= 0.3 is 0 Å². The zero-order valence-electron chi connectivity index (χ0n) is 16.3. The number of ether oxygens (including phenoxy) is 1. The molecule has 2 aromatic rings. The first kappa shape index (κ1) is 20.1. The summed E-state index contributed by atoms with van der Waals surface area (Å²) in [4.78, 5) is 14.8. The molecule has 0 saturated heterocycles. The standard InChI is InChI=1S/C22H30N2O2/c1-5-24(6-2)21(18-11-13-20(26-4)14-12-18)15-23-16-22(25)19-9-7-17(3)8-10-19/h7-14,21,23H,5-6,15-16H2,1-4H3. The number of aryl methyl sites for hydroxylation is 1. The molecule has 4 nitrogen and oxygen atoms in total. The lowest BCUT2D eigenvalue weighted by molar-refractivity contribution is 0.0987. The third-order valence-corrected chi connectivity index (χ3v) is 4.75. The number of carbonyl (C=O) groups is 1. The molecule has 4 heteroatoms. The van der Waals surface area contributed by atoms with Crippen LogP contribution in [0.3, 0.4) is 0 Å². The van der Waals surface area contributed by atoms with Crippen molar-refractivity contribution in [3.8, 4) is 5.75 Å². The van der Waals surface area contributed by atoms with E-state index in [0.717, 1.165) is 36.5 Å². The Bertz CT molecular complexity index is 676. The summed E-state index contributed by atoms with van der Waals surface area (Å²) in [6.45, 7) is 9.34. The molecule has 2 aromatic carbocycles. The summed E-state index contributed by atoms with van der Waals surface area (Å²) in [7, 11) is 1.68. The van der Waals surface area contributed by atoms with Crippen LogP contribution in [0.5, 0.6) is 5.75 Å². The van der Waals surface area contributed by atoms with Crippen molar-refractivity contribution in [2.75, 3.05) is 33.3 Å². The number of methoxy groups -OCH3 is 1. The van der Waals surface area contributed by atoms with Crippen molar-refractivity contribution in [3.05, 3.63) is 65.2 Å². The lowest BCUT2D eigenvalue weighted by atomic mass is 10.0. The molecule has 1 N–H and O–H groups in total. The van der Waals surface area contributed by atoms with Crippen molar-refractivity contribution in [2.24, 2.45) is 0 Å². The van der Waals surface area contributed by atoms with Crippen molar-refractivity contribution < 1.29 is 9.53 Å². The minimum atomic E-state index is 0.123. The first-order valence-electron chi connectivity index (χ1n) is 9.27. The number of ketones is 1. The number of carbonyl (C=O) groups excluding carboxylic acids is 1. The minimum absolute atomic E-state index is 0.123. The number of benzene rings is 2. The van der Waals surface area contributed by atoms with Crippen LogP contribution in [0, 0.1) is 6.92 Å². The SMILES string of the molecule is CCN(CC)C(CNCC(=O)c1ccc(C)cc1)c1ccc(OC)cc1. The first-order valence-corrected chi connectivity index (χ1v) is 9.27. The summed E-state index contributed by atoms with van der Waals surface area (Å²) in [6, 6.07) is 16.1. The van der Waals surface area contributed by atoms with Gasteiger partial charge in [-0.25, -0.2) is 0 Å². The maximum absolute atomic E-state index is 12.4. The van der Waals surface area contributed by atoms with E-state index in [1.54, 1.807) is 7.11 Å². The predicted octanol–water partition coefficient (Wildman–Crippen LogP) is 3.86. The molecule has 0 spiro atoms. The third-order valence-electron chi connectivity index (χ3n) is 4.75. The van der Waals surface area contributed by atoms with Gasteiger partial charge in [0.25, 0.3) is 0 Å². The molecule has 0 radical (unpaired) electrons. The molecule has 2 rings (SSSR count). The number of hydrogen-bond acceptors (Lipinski definition) is 4. The van der Waals surface area contributed by atoms with Crippen LogP contribution in [0.25, 0.3) is 0 Å². The van der Waals surface area contributed by atoms with Gasteiger partial charge < -0.3 is 10.1 Å². The van der Waals surface area contributed by atoms with E-state index in [4.69, 9.17) is 4.74 Å². The molecule has 0 bridgehead atoms. The quantitative estimate of drug-likeness (QED) is 0.658. The summed E-state index contributed by atoms with van der Waals surface area (Å²) < 4.78 is 5.26. The van der Waals surface area contributed by atoms with Gasteiger partial charge in [-0.05, 0) is 37.7 Å². The molecule has 0 aromatic heterocycles. The van der Waals surface area contributed by atoms with E-state index in [1.165, 1.54) is 5.56 Å². The van der Waals surface area contributed by atoms with E-state index < -0.39 is 0 Å². The Labute approximate surface area is 157 Å². The summed E-state index contributed by atoms with van der Waals surface area (Å²) >= 11 is 0. The number of rotatable bonds is 10. The third kappa shape index (κ3) is 5.41. The Morgan fingerprint density at radius 2 is 1.65 bits per heavy atom. The molecule has 1 unspecified atom stereocenters. The van der Waals surface area contributed by atoms with E-state index in [2.05, 4.69) is 36.2 Å². The molecular weight excluding hydrogens is 324 g/mol. The largest absolute Gasteiger partial charge is 0.497 e. The average molecular weight is 354 g/mol. The van der Waals surface area contributed by atoms with Crippen LogP contribution < -0.4 is 10.1 Å². The van der Waals surface area contributed by atoms with Gasteiger partial charge in [0, 0.05) is 18.2 Å². The summed E-state index contributed by atoms with van der Waals surface area (Å²) in [5.41, 5.74) is 3.15. The smallest absolute Gasteiger partial charge is 0.176 e. The minimum Gasteiger partial charge on any atom is -0.497 e. The second-order valence-corrected chi connectivity index (χ2v) is 6.43. The number of Topliss-reactive ketones (excluding diaryl/α,β-unsaturated/α-hetero) is 1. The van der Waals surface area contributed by atoms with E-state index in [1.807, 2.05) is 43.3 Å². The topological polar surface area (TPSA) is 41.6 Å². The molecular formula is C22H30N2O2. The lowest BCUT2D eigenvalue weighted by Gasteiger charge is -2.30. The van der Waals surface area contributed by atoms with E-state index in [0.29, 0.717) is 6.54 Å². The maximum atomic E-state index is 12.4. The Morgan fingerprint density at radius 3 is 2.19 bits per heavy atom. The van der Waals surface area contributed by atoms with Crippen LogP contribution >= 0.6 is 0 Å². The fourth-order valence-corrected chi connectivity index (χ4v) is 3.11. The average Bonchev–Trinajstić information content (AvgIpc) is 2.68. The van der Waals surface area contributed by atoms with E-state index in [9.17, 15) is 4.79 Å². The van der Waals surface area contributed by atoms with E-state index in [-0.39, 0.29) is 11.8 Å². The normalized spacial score (nSPS) is 12.2. The fraction of sp³-hybridized carbons (Fsp3) is 0.409. The molecule has 0 aliphatic heterocycles. The predicted molar refractivity (Wildman–Crippen MR) is 107 cm³/mol. The highest BCUT2D eigenvalue weighted by molar-refractivity contribution is 5.97. The van der Waals surface area contributed by atoms with Crippen LogP contribution in [-0.4, -0.2) is 44.0 Å². The molecule has 0 aliphatic rings. The van der Waals surface area contributed by atoms with Gasteiger partial charge in [-0.2, -0.15) is 0 Å². The van der Waals surface area contributed by atoms with Crippen LogP contribution in [0.2, 0.25) is 0 Å². The highest BCUT2D eigenvalue weighted by atomic mass is 16.5. The van der Waals surface area contributed by atoms with Crippen molar-refractivity contribution in [2.45, 2.75) is 26.8 Å². The molecule has 26 heavy (non-hydrogen) atoms. The highest BCUT2D eigenvalue weighted by Crippen LogP contribution is 2.22. The zero-order chi connectivity index (χ0) is 18.9.